The number of nitrogens with one attached hydrogen (secondary N) is 1. The normalized spacial score (nSPS) is 25.0. The maximum absolute atomic E-state index is 10.9. The minimum absolute atomic E-state index is 0.159. The second-order valence-corrected chi connectivity index (χ2v) is 4.89. The summed E-state index contributed by atoms with van der Waals surface area (Å²) in [5.41, 5.74) is 1.29. The molecule has 0 aromatic heterocycles. The molecule has 0 saturated heterocycles. The average molecular weight is 233 g/mol. The Labute approximate surface area is 102 Å². The summed E-state index contributed by atoms with van der Waals surface area (Å²) in [4.78, 5) is 10.9. The molecule has 1 aliphatic carbocycles. The molecule has 0 amide bonds. The molecule has 1 aromatic carbocycles. The highest BCUT2D eigenvalue weighted by Gasteiger charge is 2.36. The van der Waals surface area contributed by atoms with Crippen LogP contribution in [0.1, 0.15) is 25.3 Å². The SMILES string of the molecule is CC(Cc1ccccc1)NC1CCC1C(=O)O. The van der Waals surface area contributed by atoms with Crippen molar-refractivity contribution in [2.24, 2.45) is 5.92 Å². The van der Waals surface area contributed by atoms with Crippen molar-refractivity contribution >= 4 is 5.97 Å². The first-order valence-electron chi connectivity index (χ1n) is 6.19. The minimum Gasteiger partial charge on any atom is -0.481 e. The van der Waals surface area contributed by atoms with Crippen LogP contribution in [0, 0.1) is 5.92 Å². The van der Waals surface area contributed by atoms with E-state index in [4.69, 9.17) is 5.11 Å². The van der Waals surface area contributed by atoms with Gasteiger partial charge in [-0.2, -0.15) is 0 Å². The van der Waals surface area contributed by atoms with E-state index in [0.717, 1.165) is 19.3 Å². The van der Waals surface area contributed by atoms with Gasteiger partial charge in [-0.15, -0.1) is 0 Å². The molecule has 3 nitrogen and oxygen atoms in total. The van der Waals surface area contributed by atoms with Gasteiger partial charge >= 0.3 is 5.97 Å². The molecular weight excluding hydrogens is 214 g/mol. The lowest BCUT2D eigenvalue weighted by Crippen LogP contribution is -2.51. The maximum atomic E-state index is 10.9. The first-order chi connectivity index (χ1) is 8.16. The van der Waals surface area contributed by atoms with Crippen molar-refractivity contribution in [2.75, 3.05) is 0 Å². The lowest BCUT2D eigenvalue weighted by Gasteiger charge is -2.36. The highest BCUT2D eigenvalue weighted by Crippen LogP contribution is 2.28. The fourth-order valence-electron chi connectivity index (χ4n) is 2.39. The van der Waals surface area contributed by atoms with Crippen LogP contribution < -0.4 is 5.32 Å². The van der Waals surface area contributed by atoms with Crippen LogP contribution in [0.25, 0.3) is 0 Å². The van der Waals surface area contributed by atoms with Crippen molar-refractivity contribution in [3.05, 3.63) is 35.9 Å². The van der Waals surface area contributed by atoms with Gasteiger partial charge in [-0.1, -0.05) is 30.3 Å². The van der Waals surface area contributed by atoms with E-state index >= 15 is 0 Å². The summed E-state index contributed by atoms with van der Waals surface area (Å²) in [5.74, 6) is -0.853. The summed E-state index contributed by atoms with van der Waals surface area (Å²) in [6.45, 7) is 2.12. The predicted molar refractivity (Wildman–Crippen MR) is 66.9 cm³/mol. The van der Waals surface area contributed by atoms with Crippen LogP contribution in [0.3, 0.4) is 0 Å². The van der Waals surface area contributed by atoms with E-state index in [1.54, 1.807) is 0 Å². The van der Waals surface area contributed by atoms with Crippen molar-refractivity contribution in [2.45, 2.75) is 38.3 Å². The van der Waals surface area contributed by atoms with Crippen molar-refractivity contribution < 1.29 is 9.90 Å². The third-order valence-corrected chi connectivity index (χ3v) is 3.47. The number of hydrogen-bond donors (Lipinski definition) is 2. The van der Waals surface area contributed by atoms with Crippen LogP contribution in [-0.4, -0.2) is 23.2 Å². The van der Waals surface area contributed by atoms with Crippen LogP contribution in [0.5, 0.6) is 0 Å². The highest BCUT2D eigenvalue weighted by atomic mass is 16.4. The molecule has 3 atom stereocenters. The van der Waals surface area contributed by atoms with E-state index in [1.165, 1.54) is 5.56 Å². The zero-order chi connectivity index (χ0) is 12.3. The number of carboxylic acids is 1. The topological polar surface area (TPSA) is 49.3 Å². The molecule has 1 aromatic rings. The van der Waals surface area contributed by atoms with Crippen LogP contribution >= 0.6 is 0 Å². The van der Waals surface area contributed by atoms with Gasteiger partial charge in [0.05, 0.1) is 5.92 Å². The molecule has 0 spiro atoms. The lowest BCUT2D eigenvalue weighted by molar-refractivity contribution is -0.146. The zero-order valence-electron chi connectivity index (χ0n) is 10.1. The monoisotopic (exact) mass is 233 g/mol. The molecule has 0 radical (unpaired) electrons. The van der Waals surface area contributed by atoms with Crippen LogP contribution in [-0.2, 0) is 11.2 Å². The van der Waals surface area contributed by atoms with Crippen LogP contribution in [0.15, 0.2) is 30.3 Å². The highest BCUT2D eigenvalue weighted by molar-refractivity contribution is 5.72. The Morgan fingerprint density at radius 2 is 2.12 bits per heavy atom. The summed E-state index contributed by atoms with van der Waals surface area (Å²) in [6.07, 6.45) is 2.74. The van der Waals surface area contributed by atoms with Crippen molar-refractivity contribution in [3.63, 3.8) is 0 Å². The molecule has 0 bridgehead atoms. The van der Waals surface area contributed by atoms with Crippen molar-refractivity contribution in [1.82, 2.24) is 5.32 Å². The number of hydrogen-bond acceptors (Lipinski definition) is 2. The van der Waals surface area contributed by atoms with Gasteiger partial charge in [-0.3, -0.25) is 4.79 Å². The summed E-state index contributed by atoms with van der Waals surface area (Å²) in [6, 6.07) is 10.8. The second-order valence-electron chi connectivity index (χ2n) is 4.89. The van der Waals surface area contributed by atoms with Gasteiger partial charge in [-0.25, -0.2) is 0 Å². The van der Waals surface area contributed by atoms with Gasteiger partial charge < -0.3 is 10.4 Å². The molecule has 3 unspecified atom stereocenters. The first kappa shape index (κ1) is 12.1. The number of aliphatic carboxylic acids is 1. The molecule has 92 valence electrons. The Hall–Kier alpha value is -1.35. The Kier molecular flexibility index (Phi) is 3.79. The van der Waals surface area contributed by atoms with E-state index in [2.05, 4.69) is 24.4 Å². The Morgan fingerprint density at radius 3 is 2.65 bits per heavy atom. The smallest absolute Gasteiger partial charge is 0.308 e. The quantitative estimate of drug-likeness (QED) is 0.818. The molecule has 1 saturated carbocycles. The number of benzene rings is 1. The summed E-state index contributed by atoms with van der Waals surface area (Å²) < 4.78 is 0. The van der Waals surface area contributed by atoms with Gasteiger partial charge in [0.15, 0.2) is 0 Å². The van der Waals surface area contributed by atoms with E-state index in [0.29, 0.717) is 6.04 Å². The fourth-order valence-corrected chi connectivity index (χ4v) is 2.39. The first-order valence-corrected chi connectivity index (χ1v) is 6.19. The summed E-state index contributed by atoms with van der Waals surface area (Å²) in [7, 11) is 0. The predicted octanol–water partition coefficient (Wildman–Crippen LogP) is 2.07. The summed E-state index contributed by atoms with van der Waals surface area (Å²) >= 11 is 0. The molecule has 0 aliphatic heterocycles. The van der Waals surface area contributed by atoms with Crippen LogP contribution in [0.4, 0.5) is 0 Å². The fraction of sp³-hybridized carbons (Fsp3) is 0.500. The minimum atomic E-state index is -0.666. The third kappa shape index (κ3) is 3.07. The molecule has 1 fully saturated rings. The van der Waals surface area contributed by atoms with Crippen molar-refractivity contribution in [1.29, 1.82) is 0 Å². The Morgan fingerprint density at radius 1 is 1.41 bits per heavy atom. The van der Waals surface area contributed by atoms with E-state index in [-0.39, 0.29) is 12.0 Å². The Balaban J connectivity index is 1.82. The van der Waals surface area contributed by atoms with E-state index in [1.807, 2.05) is 18.2 Å². The standard InChI is InChI=1S/C14H19NO2/c1-10(9-11-5-3-2-4-6-11)15-13-8-7-12(13)14(16)17/h2-6,10,12-13,15H,7-9H2,1H3,(H,16,17). The van der Waals surface area contributed by atoms with Gasteiger partial charge in [0, 0.05) is 12.1 Å². The van der Waals surface area contributed by atoms with Gasteiger partial charge in [0.25, 0.3) is 0 Å². The summed E-state index contributed by atoms with van der Waals surface area (Å²) in [5, 5.41) is 12.4. The molecule has 3 heteroatoms. The largest absolute Gasteiger partial charge is 0.481 e. The maximum Gasteiger partial charge on any atom is 0.308 e. The van der Waals surface area contributed by atoms with Gasteiger partial charge in [0.1, 0.15) is 0 Å². The molecule has 0 heterocycles. The number of rotatable bonds is 5. The Bertz CT molecular complexity index is 377. The second kappa shape index (κ2) is 5.32. The molecule has 2 N–H and O–H groups in total. The molecule has 1 aliphatic rings. The van der Waals surface area contributed by atoms with E-state index < -0.39 is 5.97 Å². The third-order valence-electron chi connectivity index (χ3n) is 3.47. The van der Waals surface area contributed by atoms with Crippen LogP contribution in [0.2, 0.25) is 0 Å². The molecule has 2 rings (SSSR count). The molecule has 17 heavy (non-hydrogen) atoms. The molecular formula is C14H19NO2. The van der Waals surface area contributed by atoms with Gasteiger partial charge in [0.2, 0.25) is 0 Å². The zero-order valence-corrected chi connectivity index (χ0v) is 10.1. The van der Waals surface area contributed by atoms with Gasteiger partial charge in [-0.05, 0) is 31.7 Å². The number of carboxylic acid groups (broad SMARTS) is 1. The number of carbonyl (C=O) groups is 1. The van der Waals surface area contributed by atoms with Crippen molar-refractivity contribution in [3.8, 4) is 0 Å². The average Bonchev–Trinajstić information content (AvgIpc) is 2.25. The lowest BCUT2D eigenvalue weighted by atomic mass is 9.79. The van der Waals surface area contributed by atoms with E-state index in [9.17, 15) is 4.79 Å².